The summed E-state index contributed by atoms with van der Waals surface area (Å²) in [5.41, 5.74) is -1.87. The molecule has 0 fully saturated rings. The van der Waals surface area contributed by atoms with E-state index in [0.717, 1.165) is 12.1 Å². The molecule has 0 heterocycles. The number of carbonyl (C=O) groups is 1. The monoisotopic (exact) mass is 303 g/mol. The summed E-state index contributed by atoms with van der Waals surface area (Å²) in [4.78, 5) is 31.4. The van der Waals surface area contributed by atoms with E-state index in [4.69, 9.17) is 5.11 Å². The molecule has 0 saturated carbocycles. The van der Waals surface area contributed by atoms with Crippen LogP contribution in [0.1, 0.15) is 10.4 Å². The summed E-state index contributed by atoms with van der Waals surface area (Å²) >= 11 is 0. The first-order chi connectivity index (χ1) is 10.4. The fraction of sp³-hybridized carbons (Fsp3) is 0. The van der Waals surface area contributed by atoms with Gasteiger partial charge in [0.05, 0.1) is 15.4 Å². The predicted molar refractivity (Wildman–Crippen MR) is 76.4 cm³/mol. The number of nitro benzene ring substituents is 2. The maximum absolute atomic E-state index is 11.1. The summed E-state index contributed by atoms with van der Waals surface area (Å²) in [6.07, 6.45) is 0. The molecule has 9 nitrogen and oxygen atoms in total. The van der Waals surface area contributed by atoms with Crippen molar-refractivity contribution in [1.29, 1.82) is 0 Å². The van der Waals surface area contributed by atoms with Crippen LogP contribution >= 0.6 is 0 Å². The summed E-state index contributed by atoms with van der Waals surface area (Å²) in [6, 6.07) is 9.69. The van der Waals surface area contributed by atoms with Gasteiger partial charge >= 0.3 is 17.3 Å². The zero-order valence-electron chi connectivity index (χ0n) is 10.9. The number of aromatic carboxylic acids is 1. The van der Waals surface area contributed by atoms with E-state index in [1.54, 1.807) is 30.3 Å². The lowest BCUT2D eigenvalue weighted by Crippen LogP contribution is -2.05. The predicted octanol–water partition coefficient (Wildman–Crippen LogP) is 2.94. The number of hydrogen-bond acceptors (Lipinski definition) is 6. The van der Waals surface area contributed by atoms with Gasteiger partial charge in [-0.3, -0.25) is 20.2 Å². The minimum Gasteiger partial charge on any atom is -0.478 e. The first-order valence-corrected chi connectivity index (χ1v) is 5.92. The standard InChI is InChI=1S/C13H9N3O6/c17-13(18)8-6-10(15(19)20)12(11(7-8)16(21)22)14-9-4-2-1-3-5-9/h1-7,14H,(H,17,18). The van der Waals surface area contributed by atoms with Gasteiger partial charge in [0.15, 0.2) is 5.69 Å². The lowest BCUT2D eigenvalue weighted by atomic mass is 10.1. The third-order valence-electron chi connectivity index (χ3n) is 2.78. The van der Waals surface area contributed by atoms with Gasteiger partial charge in [0.25, 0.3) is 0 Å². The van der Waals surface area contributed by atoms with Crippen LogP contribution in [0.4, 0.5) is 22.7 Å². The molecular weight excluding hydrogens is 294 g/mol. The van der Waals surface area contributed by atoms with E-state index in [-0.39, 0.29) is 5.69 Å². The van der Waals surface area contributed by atoms with Crippen LogP contribution in [-0.2, 0) is 0 Å². The molecule has 0 spiro atoms. The Bertz CT molecular complexity index is 725. The maximum Gasteiger partial charge on any atom is 0.336 e. The van der Waals surface area contributed by atoms with Gasteiger partial charge in [-0.2, -0.15) is 0 Å². The fourth-order valence-electron chi connectivity index (χ4n) is 1.82. The molecular formula is C13H9N3O6. The Kier molecular flexibility index (Phi) is 3.98. The number of nitrogens with one attached hydrogen (secondary N) is 1. The van der Waals surface area contributed by atoms with Crippen molar-refractivity contribution < 1.29 is 19.7 Å². The van der Waals surface area contributed by atoms with E-state index in [1.165, 1.54) is 0 Å². The highest BCUT2D eigenvalue weighted by Crippen LogP contribution is 2.37. The van der Waals surface area contributed by atoms with Gasteiger partial charge in [0, 0.05) is 17.8 Å². The Balaban J connectivity index is 2.66. The fourth-order valence-corrected chi connectivity index (χ4v) is 1.82. The molecule has 0 aliphatic carbocycles. The number of nitro groups is 2. The van der Waals surface area contributed by atoms with E-state index < -0.39 is 32.8 Å². The van der Waals surface area contributed by atoms with E-state index in [1.807, 2.05) is 0 Å². The lowest BCUT2D eigenvalue weighted by molar-refractivity contribution is -0.392. The van der Waals surface area contributed by atoms with Gasteiger partial charge in [-0.05, 0) is 12.1 Å². The molecule has 2 aromatic carbocycles. The number of benzene rings is 2. The van der Waals surface area contributed by atoms with E-state index >= 15 is 0 Å². The van der Waals surface area contributed by atoms with Crippen LogP contribution in [0.3, 0.4) is 0 Å². The molecule has 0 unspecified atom stereocenters. The molecule has 2 aromatic rings. The number of para-hydroxylation sites is 1. The summed E-state index contributed by atoms with van der Waals surface area (Å²) < 4.78 is 0. The SMILES string of the molecule is O=C(O)c1cc([N+](=O)[O-])c(Nc2ccccc2)c([N+](=O)[O-])c1. The zero-order valence-corrected chi connectivity index (χ0v) is 10.9. The highest BCUT2D eigenvalue weighted by atomic mass is 16.6. The largest absolute Gasteiger partial charge is 0.478 e. The zero-order chi connectivity index (χ0) is 16.3. The van der Waals surface area contributed by atoms with Crippen molar-refractivity contribution in [1.82, 2.24) is 0 Å². The van der Waals surface area contributed by atoms with Crippen LogP contribution < -0.4 is 5.32 Å². The number of anilines is 2. The highest BCUT2D eigenvalue weighted by molar-refractivity contribution is 5.93. The molecule has 0 atom stereocenters. The lowest BCUT2D eigenvalue weighted by Gasteiger charge is -2.08. The van der Waals surface area contributed by atoms with Crippen LogP contribution in [0.2, 0.25) is 0 Å². The Morgan fingerprint density at radius 3 is 1.91 bits per heavy atom. The first-order valence-electron chi connectivity index (χ1n) is 5.92. The average molecular weight is 303 g/mol. The van der Waals surface area contributed by atoms with Crippen molar-refractivity contribution in [2.45, 2.75) is 0 Å². The number of carboxylic acid groups (broad SMARTS) is 1. The van der Waals surface area contributed by atoms with Gasteiger partial charge in [0.2, 0.25) is 0 Å². The summed E-state index contributed by atoms with van der Waals surface area (Å²) in [7, 11) is 0. The summed E-state index contributed by atoms with van der Waals surface area (Å²) in [5, 5.41) is 33.7. The smallest absolute Gasteiger partial charge is 0.336 e. The second-order valence-corrected chi connectivity index (χ2v) is 4.20. The quantitative estimate of drug-likeness (QED) is 0.640. The maximum atomic E-state index is 11.1. The second kappa shape index (κ2) is 5.87. The molecule has 0 aliphatic rings. The van der Waals surface area contributed by atoms with Crippen molar-refractivity contribution in [3.63, 3.8) is 0 Å². The number of hydrogen-bond donors (Lipinski definition) is 2. The minimum absolute atomic E-state index is 0.369. The van der Waals surface area contributed by atoms with Crippen LogP contribution in [0.25, 0.3) is 0 Å². The van der Waals surface area contributed by atoms with Gasteiger partial charge < -0.3 is 10.4 Å². The number of nitrogens with zero attached hydrogens (tertiary/aromatic N) is 2. The van der Waals surface area contributed by atoms with Gasteiger partial charge in [-0.25, -0.2) is 4.79 Å². The molecule has 9 heteroatoms. The van der Waals surface area contributed by atoms with E-state index in [0.29, 0.717) is 5.69 Å². The van der Waals surface area contributed by atoms with E-state index in [2.05, 4.69) is 5.32 Å². The molecule has 112 valence electrons. The molecule has 0 radical (unpaired) electrons. The van der Waals surface area contributed by atoms with Gasteiger partial charge in [-0.15, -0.1) is 0 Å². The molecule has 0 amide bonds. The number of rotatable bonds is 5. The molecule has 22 heavy (non-hydrogen) atoms. The Morgan fingerprint density at radius 2 is 1.50 bits per heavy atom. The summed E-state index contributed by atoms with van der Waals surface area (Å²) in [5.74, 6) is -1.49. The van der Waals surface area contributed by atoms with Crippen molar-refractivity contribution in [2.75, 3.05) is 5.32 Å². The van der Waals surface area contributed by atoms with Crippen molar-refractivity contribution in [3.05, 3.63) is 68.3 Å². The van der Waals surface area contributed by atoms with Crippen LogP contribution in [-0.4, -0.2) is 20.9 Å². The van der Waals surface area contributed by atoms with Crippen LogP contribution in [0.5, 0.6) is 0 Å². The molecule has 0 bridgehead atoms. The second-order valence-electron chi connectivity index (χ2n) is 4.20. The average Bonchev–Trinajstić information content (AvgIpc) is 2.47. The Labute approximate surface area is 123 Å². The Morgan fingerprint density at radius 1 is 1.00 bits per heavy atom. The molecule has 2 rings (SSSR count). The van der Waals surface area contributed by atoms with Crippen LogP contribution in [0.15, 0.2) is 42.5 Å². The number of carboxylic acids is 1. The van der Waals surface area contributed by atoms with Crippen LogP contribution in [0, 0.1) is 20.2 Å². The third kappa shape index (κ3) is 2.98. The van der Waals surface area contributed by atoms with Gasteiger partial charge in [-0.1, -0.05) is 18.2 Å². The van der Waals surface area contributed by atoms with Gasteiger partial charge in [0.1, 0.15) is 0 Å². The highest BCUT2D eigenvalue weighted by Gasteiger charge is 2.28. The van der Waals surface area contributed by atoms with Crippen molar-refractivity contribution in [2.24, 2.45) is 0 Å². The van der Waals surface area contributed by atoms with E-state index in [9.17, 15) is 25.0 Å². The summed E-state index contributed by atoms with van der Waals surface area (Å²) in [6.45, 7) is 0. The normalized spacial score (nSPS) is 10.0. The minimum atomic E-state index is -1.49. The first kappa shape index (κ1) is 14.9. The van der Waals surface area contributed by atoms with Crippen molar-refractivity contribution >= 4 is 28.7 Å². The molecule has 2 N–H and O–H groups in total. The molecule has 0 saturated heterocycles. The van der Waals surface area contributed by atoms with Crippen molar-refractivity contribution in [3.8, 4) is 0 Å². The topological polar surface area (TPSA) is 136 Å². The molecule has 0 aliphatic heterocycles. The third-order valence-corrected chi connectivity index (χ3v) is 2.78. The Hall–Kier alpha value is -3.49. The molecule has 0 aromatic heterocycles.